The summed E-state index contributed by atoms with van der Waals surface area (Å²) in [4.78, 5) is 13.5. The monoisotopic (exact) mass is 603 g/mol. The molecule has 6 rings (SSSR count). The van der Waals surface area contributed by atoms with E-state index in [1.807, 2.05) is 31.2 Å². The van der Waals surface area contributed by atoms with Crippen LogP contribution in [0.15, 0.2) is 71.5 Å². The smallest absolute Gasteiger partial charge is 0.262 e. The van der Waals surface area contributed by atoms with Gasteiger partial charge in [0.05, 0.1) is 30.1 Å². The molecule has 224 valence electrons. The summed E-state index contributed by atoms with van der Waals surface area (Å²) in [6, 6.07) is 12.8. The Morgan fingerprint density at radius 2 is 1.95 bits per heavy atom. The fourth-order valence-corrected chi connectivity index (χ4v) is 8.08. The van der Waals surface area contributed by atoms with Gasteiger partial charge in [0, 0.05) is 25.8 Å². The minimum atomic E-state index is -4.00. The fraction of sp³-hybridized carbons (Fsp3) is 0.344. The van der Waals surface area contributed by atoms with Gasteiger partial charge >= 0.3 is 0 Å². The van der Waals surface area contributed by atoms with E-state index in [0.29, 0.717) is 31.4 Å². The minimum absolute atomic E-state index is 0.000515. The number of sulfonamides is 1. The van der Waals surface area contributed by atoms with Crippen molar-refractivity contribution in [2.75, 3.05) is 7.11 Å². The maximum Gasteiger partial charge on any atom is 0.262 e. The summed E-state index contributed by atoms with van der Waals surface area (Å²) in [5, 5.41) is 8.79. The lowest BCUT2D eigenvalue weighted by Gasteiger charge is -2.46. The van der Waals surface area contributed by atoms with Crippen molar-refractivity contribution < 1.29 is 22.3 Å². The predicted molar refractivity (Wildman–Crippen MR) is 160 cm³/mol. The van der Waals surface area contributed by atoms with Gasteiger partial charge in [-0.05, 0) is 105 Å². The summed E-state index contributed by atoms with van der Waals surface area (Å²) < 4.78 is 52.1. The number of Topliss-reactive ketones (excluding diaryl/α,β-unsaturated/α-hetero) is 1. The number of rotatable bonds is 8. The maximum atomic E-state index is 14.2. The van der Waals surface area contributed by atoms with E-state index in [-0.39, 0.29) is 23.2 Å². The van der Waals surface area contributed by atoms with Gasteiger partial charge in [-0.25, -0.2) is 17.5 Å². The van der Waals surface area contributed by atoms with Crippen LogP contribution in [0, 0.1) is 18.2 Å². The number of carbonyl (C=O) groups excluding carboxylic acids is 1. The molecule has 2 aromatic heterocycles. The fourth-order valence-electron chi connectivity index (χ4n) is 6.50. The zero-order valence-electron chi connectivity index (χ0n) is 24.6. The van der Waals surface area contributed by atoms with Gasteiger partial charge in [-0.3, -0.25) is 9.48 Å². The number of hydrogen-bond acceptors (Lipinski definition) is 6. The first-order valence-corrected chi connectivity index (χ1v) is 15.7. The molecule has 9 nitrogen and oxygen atoms in total. The highest BCUT2D eigenvalue weighted by molar-refractivity contribution is 7.89. The molecule has 0 unspecified atom stereocenters. The normalized spacial score (nSPS) is 20.0. The number of hydrogen-bond donors (Lipinski definition) is 0. The van der Waals surface area contributed by atoms with Crippen LogP contribution in [-0.2, 0) is 34.8 Å². The van der Waals surface area contributed by atoms with Crippen LogP contribution in [-0.4, -0.2) is 51.2 Å². The summed E-state index contributed by atoms with van der Waals surface area (Å²) >= 11 is 0. The minimum Gasteiger partial charge on any atom is -0.497 e. The second-order valence-corrected chi connectivity index (χ2v) is 13.3. The SMILES string of the molecule is COc1ccc(CN([C@H]2CCC3=Cc4c(cnn4-c4ccc(F)cc4)C[C@]3(C(C)=O)C2)S(=O)(=O)c2ccn(C)n2)c(C)c1. The van der Waals surface area contributed by atoms with E-state index in [4.69, 9.17) is 4.74 Å². The number of benzene rings is 2. The molecular weight excluding hydrogens is 569 g/mol. The molecule has 2 aliphatic carbocycles. The number of ether oxygens (including phenoxy) is 1. The van der Waals surface area contributed by atoms with Crippen LogP contribution in [0.5, 0.6) is 5.75 Å². The Balaban J connectivity index is 1.39. The van der Waals surface area contributed by atoms with Gasteiger partial charge in [-0.1, -0.05) is 11.6 Å². The van der Waals surface area contributed by atoms with Crippen LogP contribution in [0.2, 0.25) is 0 Å². The summed E-state index contributed by atoms with van der Waals surface area (Å²) in [5.74, 6) is 0.370. The van der Waals surface area contributed by atoms with Crippen LogP contribution in [0.4, 0.5) is 4.39 Å². The molecule has 0 saturated heterocycles. The molecule has 0 amide bonds. The van der Waals surface area contributed by atoms with Crippen molar-refractivity contribution in [3.8, 4) is 11.4 Å². The number of ketones is 1. The largest absolute Gasteiger partial charge is 0.497 e. The predicted octanol–water partition coefficient (Wildman–Crippen LogP) is 5.02. The molecule has 0 bridgehead atoms. The van der Waals surface area contributed by atoms with Gasteiger partial charge in [0.15, 0.2) is 5.03 Å². The van der Waals surface area contributed by atoms with E-state index in [9.17, 15) is 17.6 Å². The van der Waals surface area contributed by atoms with E-state index < -0.39 is 21.5 Å². The molecule has 2 aliphatic rings. The first-order valence-electron chi connectivity index (χ1n) is 14.2. The zero-order chi connectivity index (χ0) is 30.5. The number of fused-ring (bicyclic) bond motifs is 2. The van der Waals surface area contributed by atoms with E-state index >= 15 is 0 Å². The Bertz CT molecular complexity index is 1840. The van der Waals surface area contributed by atoms with E-state index in [2.05, 4.69) is 10.2 Å². The van der Waals surface area contributed by atoms with Crippen LogP contribution >= 0.6 is 0 Å². The molecule has 1 saturated carbocycles. The second-order valence-electron chi connectivity index (χ2n) is 11.5. The van der Waals surface area contributed by atoms with Gasteiger partial charge in [-0.15, -0.1) is 0 Å². The van der Waals surface area contributed by atoms with Crippen molar-refractivity contribution in [1.82, 2.24) is 23.9 Å². The first-order chi connectivity index (χ1) is 20.5. The topological polar surface area (TPSA) is 99.3 Å². The molecule has 4 aromatic rings. The number of methoxy groups -OCH3 is 1. The van der Waals surface area contributed by atoms with E-state index in [1.165, 1.54) is 27.2 Å². The average molecular weight is 604 g/mol. The Labute approximate surface area is 250 Å². The zero-order valence-corrected chi connectivity index (χ0v) is 25.4. The first kappa shape index (κ1) is 29.0. The lowest BCUT2D eigenvalue weighted by atomic mass is 9.61. The highest BCUT2D eigenvalue weighted by Crippen LogP contribution is 2.50. The number of halogens is 1. The molecule has 2 atom stereocenters. The molecule has 2 aromatic carbocycles. The van der Waals surface area contributed by atoms with E-state index in [0.717, 1.165) is 33.6 Å². The maximum absolute atomic E-state index is 14.2. The van der Waals surface area contributed by atoms with E-state index in [1.54, 1.807) is 50.3 Å². The van der Waals surface area contributed by atoms with Crippen molar-refractivity contribution in [2.24, 2.45) is 12.5 Å². The van der Waals surface area contributed by atoms with Crippen LogP contribution in [0.3, 0.4) is 0 Å². The standard InChI is InChI=1S/C32H34FN5O4S/c1-21-15-29(42-4)12-5-23(21)20-37(43(40,41)31-13-14-36(3)35-31)28-9-6-25-16-30-24(17-32(25,18-28)22(2)39)19-34-38(30)27-10-7-26(33)8-11-27/h5,7-8,10-16,19,28H,6,9,17-18,20H2,1-4H3/t28-,32+/m0/s1. The summed E-state index contributed by atoms with van der Waals surface area (Å²) in [6.07, 6.45) is 7.25. The van der Waals surface area contributed by atoms with Gasteiger partial charge in [0.25, 0.3) is 10.0 Å². The molecule has 43 heavy (non-hydrogen) atoms. The Morgan fingerprint density at radius 3 is 2.60 bits per heavy atom. The third-order valence-corrected chi connectivity index (χ3v) is 10.7. The highest BCUT2D eigenvalue weighted by atomic mass is 32.2. The molecule has 2 heterocycles. The van der Waals surface area contributed by atoms with Crippen molar-refractivity contribution >= 4 is 21.9 Å². The summed E-state index contributed by atoms with van der Waals surface area (Å²) in [7, 11) is -0.722. The van der Waals surface area contributed by atoms with Gasteiger partial charge in [0.1, 0.15) is 17.3 Å². The quantitative estimate of drug-likeness (QED) is 0.281. The average Bonchev–Trinajstić information content (AvgIpc) is 3.61. The number of nitrogens with zero attached hydrogens (tertiary/aromatic N) is 5. The summed E-state index contributed by atoms with van der Waals surface area (Å²) in [6.45, 7) is 3.67. The van der Waals surface area contributed by atoms with Crippen molar-refractivity contribution in [3.63, 3.8) is 0 Å². The lowest BCUT2D eigenvalue weighted by molar-refractivity contribution is -0.126. The van der Waals surface area contributed by atoms with Gasteiger partial charge in [0.2, 0.25) is 0 Å². The van der Waals surface area contributed by atoms with Crippen molar-refractivity contribution in [1.29, 1.82) is 0 Å². The van der Waals surface area contributed by atoms with Crippen molar-refractivity contribution in [3.05, 3.63) is 94.7 Å². The Kier molecular flexibility index (Phi) is 7.34. The Morgan fingerprint density at radius 1 is 1.19 bits per heavy atom. The Hall–Kier alpha value is -4.09. The summed E-state index contributed by atoms with van der Waals surface area (Å²) in [5.41, 5.74) is 4.37. The van der Waals surface area contributed by atoms with Crippen molar-refractivity contribution in [2.45, 2.75) is 57.1 Å². The lowest BCUT2D eigenvalue weighted by Crippen LogP contribution is -2.49. The third-order valence-electron chi connectivity index (χ3n) is 8.93. The van der Waals surface area contributed by atoms with Crippen LogP contribution in [0.25, 0.3) is 11.8 Å². The number of allylic oxidation sites excluding steroid dienone is 1. The molecule has 0 aliphatic heterocycles. The molecule has 1 fully saturated rings. The second kappa shape index (κ2) is 10.9. The molecular formula is C32H34FN5O4S. The molecule has 11 heteroatoms. The molecule has 0 N–H and O–H groups in total. The van der Waals surface area contributed by atoms with Crippen LogP contribution in [0.1, 0.15) is 48.6 Å². The molecule has 0 spiro atoms. The third kappa shape index (κ3) is 5.10. The number of aryl methyl sites for hydroxylation is 2. The number of carbonyl (C=O) groups is 1. The highest BCUT2D eigenvalue weighted by Gasteiger charge is 2.50. The van der Waals surface area contributed by atoms with Gasteiger partial charge in [-0.2, -0.15) is 14.5 Å². The molecule has 0 radical (unpaired) electrons. The number of aromatic nitrogens is 4. The van der Waals surface area contributed by atoms with Gasteiger partial charge < -0.3 is 4.74 Å². The van der Waals surface area contributed by atoms with Crippen LogP contribution < -0.4 is 4.74 Å².